The molecule has 0 spiro atoms. The summed E-state index contributed by atoms with van der Waals surface area (Å²) in [6.45, 7) is 7.07. The van der Waals surface area contributed by atoms with E-state index in [0.29, 0.717) is 6.54 Å². The van der Waals surface area contributed by atoms with Gasteiger partial charge in [0.2, 0.25) is 0 Å². The number of hydrogen-bond acceptors (Lipinski definition) is 2. The molecule has 2 aromatic rings. The van der Waals surface area contributed by atoms with Gasteiger partial charge in [-0.1, -0.05) is 19.1 Å². The van der Waals surface area contributed by atoms with Crippen LogP contribution in [-0.4, -0.2) is 16.3 Å². The molecule has 0 amide bonds. The van der Waals surface area contributed by atoms with Gasteiger partial charge in [0.25, 0.3) is 0 Å². The Kier molecular flexibility index (Phi) is 3.82. The van der Waals surface area contributed by atoms with Crippen LogP contribution in [0.3, 0.4) is 0 Å². The summed E-state index contributed by atoms with van der Waals surface area (Å²) in [4.78, 5) is 0. The van der Waals surface area contributed by atoms with Gasteiger partial charge in [-0.15, -0.1) is 0 Å². The standard InChI is InChI=1S/C15H21N3/c1-4-14-13(7-8-16)10-17-18(14)15-9-11(2)5-6-12(15)3/h5-6,9-10H,4,7-8,16H2,1-3H3. The van der Waals surface area contributed by atoms with Gasteiger partial charge in [-0.2, -0.15) is 5.10 Å². The van der Waals surface area contributed by atoms with Crippen LogP contribution in [0.1, 0.15) is 29.3 Å². The number of aromatic nitrogens is 2. The molecule has 96 valence electrons. The third-order valence-electron chi connectivity index (χ3n) is 3.30. The fraction of sp³-hybridized carbons (Fsp3) is 0.400. The van der Waals surface area contributed by atoms with Crippen LogP contribution in [0.15, 0.2) is 24.4 Å². The lowest BCUT2D eigenvalue weighted by Gasteiger charge is -2.11. The van der Waals surface area contributed by atoms with E-state index in [1.54, 1.807) is 0 Å². The highest BCUT2D eigenvalue weighted by Crippen LogP contribution is 2.20. The van der Waals surface area contributed by atoms with Gasteiger partial charge in [0.15, 0.2) is 0 Å². The SMILES string of the molecule is CCc1c(CCN)cnn1-c1cc(C)ccc1C. The highest BCUT2D eigenvalue weighted by atomic mass is 15.3. The molecule has 0 aliphatic carbocycles. The Labute approximate surface area is 109 Å². The van der Waals surface area contributed by atoms with E-state index in [-0.39, 0.29) is 0 Å². The first-order valence-corrected chi connectivity index (χ1v) is 6.50. The molecule has 0 bridgehead atoms. The molecule has 0 atom stereocenters. The summed E-state index contributed by atoms with van der Waals surface area (Å²) in [6, 6.07) is 6.47. The van der Waals surface area contributed by atoms with E-state index in [2.05, 4.69) is 48.8 Å². The number of benzene rings is 1. The molecular formula is C15H21N3. The maximum absolute atomic E-state index is 5.65. The molecule has 2 N–H and O–H groups in total. The maximum Gasteiger partial charge on any atom is 0.0680 e. The zero-order valence-electron chi connectivity index (χ0n) is 11.4. The van der Waals surface area contributed by atoms with E-state index in [4.69, 9.17) is 5.73 Å². The van der Waals surface area contributed by atoms with Crippen molar-refractivity contribution in [2.24, 2.45) is 5.73 Å². The third kappa shape index (κ3) is 2.31. The Hall–Kier alpha value is -1.61. The fourth-order valence-electron chi connectivity index (χ4n) is 2.30. The highest BCUT2D eigenvalue weighted by molar-refractivity contribution is 5.44. The molecule has 0 unspecified atom stereocenters. The van der Waals surface area contributed by atoms with Crippen molar-refractivity contribution >= 4 is 0 Å². The van der Waals surface area contributed by atoms with Crippen molar-refractivity contribution in [1.29, 1.82) is 0 Å². The van der Waals surface area contributed by atoms with E-state index in [0.717, 1.165) is 12.8 Å². The van der Waals surface area contributed by atoms with Crippen LogP contribution in [0.25, 0.3) is 5.69 Å². The van der Waals surface area contributed by atoms with Gasteiger partial charge in [-0.05, 0) is 56.0 Å². The van der Waals surface area contributed by atoms with Crippen LogP contribution in [-0.2, 0) is 12.8 Å². The molecular weight excluding hydrogens is 222 g/mol. The largest absolute Gasteiger partial charge is 0.330 e. The number of rotatable bonds is 4. The Bertz CT molecular complexity index is 541. The van der Waals surface area contributed by atoms with Crippen molar-refractivity contribution in [1.82, 2.24) is 9.78 Å². The minimum Gasteiger partial charge on any atom is -0.330 e. The summed E-state index contributed by atoms with van der Waals surface area (Å²) in [6.07, 6.45) is 3.82. The first-order valence-electron chi connectivity index (χ1n) is 6.50. The maximum atomic E-state index is 5.65. The monoisotopic (exact) mass is 243 g/mol. The van der Waals surface area contributed by atoms with E-state index in [1.807, 2.05) is 6.20 Å². The second kappa shape index (κ2) is 5.36. The average molecular weight is 243 g/mol. The van der Waals surface area contributed by atoms with Crippen molar-refractivity contribution in [3.05, 3.63) is 46.8 Å². The van der Waals surface area contributed by atoms with Crippen molar-refractivity contribution in [2.75, 3.05) is 6.54 Å². The first kappa shape index (κ1) is 12.8. The smallest absolute Gasteiger partial charge is 0.0680 e. The number of nitrogens with two attached hydrogens (primary N) is 1. The van der Waals surface area contributed by atoms with Gasteiger partial charge < -0.3 is 5.73 Å². The number of hydrogen-bond donors (Lipinski definition) is 1. The van der Waals surface area contributed by atoms with Crippen LogP contribution in [0, 0.1) is 13.8 Å². The molecule has 1 aromatic carbocycles. The lowest BCUT2D eigenvalue weighted by Crippen LogP contribution is -2.07. The van der Waals surface area contributed by atoms with Gasteiger partial charge in [0.1, 0.15) is 0 Å². The van der Waals surface area contributed by atoms with Gasteiger partial charge in [-0.25, -0.2) is 4.68 Å². The summed E-state index contributed by atoms with van der Waals surface area (Å²) >= 11 is 0. The van der Waals surface area contributed by atoms with Crippen molar-refractivity contribution in [2.45, 2.75) is 33.6 Å². The average Bonchev–Trinajstić information content (AvgIpc) is 2.75. The van der Waals surface area contributed by atoms with Crippen LogP contribution < -0.4 is 5.73 Å². The van der Waals surface area contributed by atoms with Gasteiger partial charge in [0.05, 0.1) is 11.9 Å². The molecule has 3 heteroatoms. The quantitative estimate of drug-likeness (QED) is 0.897. The minimum absolute atomic E-state index is 0.672. The molecule has 0 aliphatic heterocycles. The number of nitrogens with zero attached hydrogens (tertiary/aromatic N) is 2. The number of aryl methyl sites for hydroxylation is 2. The van der Waals surface area contributed by atoms with E-state index in [1.165, 1.54) is 28.1 Å². The fourth-order valence-corrected chi connectivity index (χ4v) is 2.30. The zero-order chi connectivity index (χ0) is 13.1. The lowest BCUT2D eigenvalue weighted by atomic mass is 10.1. The van der Waals surface area contributed by atoms with Crippen molar-refractivity contribution in [3.63, 3.8) is 0 Å². The summed E-state index contributed by atoms with van der Waals surface area (Å²) in [5.74, 6) is 0. The predicted molar refractivity (Wildman–Crippen MR) is 75.2 cm³/mol. The van der Waals surface area contributed by atoms with Crippen LogP contribution in [0.2, 0.25) is 0 Å². The zero-order valence-corrected chi connectivity index (χ0v) is 11.4. The molecule has 1 aromatic heterocycles. The van der Waals surface area contributed by atoms with E-state index < -0.39 is 0 Å². The van der Waals surface area contributed by atoms with Crippen LogP contribution in [0.4, 0.5) is 0 Å². The molecule has 0 radical (unpaired) electrons. The van der Waals surface area contributed by atoms with Gasteiger partial charge in [0, 0.05) is 5.69 Å². The molecule has 0 saturated carbocycles. The Balaban J connectivity index is 2.53. The Morgan fingerprint density at radius 1 is 1.28 bits per heavy atom. The summed E-state index contributed by atoms with van der Waals surface area (Å²) in [5.41, 5.74) is 11.9. The molecule has 0 aliphatic rings. The minimum atomic E-state index is 0.672. The summed E-state index contributed by atoms with van der Waals surface area (Å²) in [5, 5.41) is 4.54. The lowest BCUT2D eigenvalue weighted by molar-refractivity contribution is 0.800. The molecule has 0 fully saturated rings. The predicted octanol–water partition coefficient (Wildman–Crippen LogP) is 2.55. The van der Waals surface area contributed by atoms with Crippen molar-refractivity contribution < 1.29 is 0 Å². The summed E-state index contributed by atoms with van der Waals surface area (Å²) < 4.78 is 2.06. The molecule has 2 rings (SSSR count). The first-order chi connectivity index (χ1) is 8.67. The topological polar surface area (TPSA) is 43.8 Å². The van der Waals surface area contributed by atoms with Crippen LogP contribution in [0.5, 0.6) is 0 Å². The molecule has 1 heterocycles. The second-order valence-corrected chi connectivity index (χ2v) is 4.71. The summed E-state index contributed by atoms with van der Waals surface area (Å²) in [7, 11) is 0. The Morgan fingerprint density at radius 2 is 2.06 bits per heavy atom. The van der Waals surface area contributed by atoms with E-state index >= 15 is 0 Å². The van der Waals surface area contributed by atoms with E-state index in [9.17, 15) is 0 Å². The van der Waals surface area contributed by atoms with Crippen LogP contribution >= 0.6 is 0 Å². The Morgan fingerprint density at radius 3 is 2.72 bits per heavy atom. The molecule has 0 saturated heterocycles. The normalized spacial score (nSPS) is 10.9. The third-order valence-corrected chi connectivity index (χ3v) is 3.30. The highest BCUT2D eigenvalue weighted by Gasteiger charge is 2.11. The van der Waals surface area contributed by atoms with Gasteiger partial charge in [-0.3, -0.25) is 0 Å². The van der Waals surface area contributed by atoms with Gasteiger partial charge >= 0.3 is 0 Å². The molecule has 18 heavy (non-hydrogen) atoms. The molecule has 3 nitrogen and oxygen atoms in total. The van der Waals surface area contributed by atoms with Crippen molar-refractivity contribution in [3.8, 4) is 5.69 Å². The second-order valence-electron chi connectivity index (χ2n) is 4.71.